The van der Waals surface area contributed by atoms with E-state index in [0.717, 1.165) is 11.1 Å². The molecule has 0 amide bonds. The number of hydrogen-bond acceptors (Lipinski definition) is 3. The lowest BCUT2D eigenvalue weighted by Gasteiger charge is -2.18. The van der Waals surface area contributed by atoms with E-state index in [9.17, 15) is 13.5 Å². The summed E-state index contributed by atoms with van der Waals surface area (Å²) in [5.74, 6) is 5.99. The molecule has 0 saturated heterocycles. The summed E-state index contributed by atoms with van der Waals surface area (Å²) in [4.78, 5) is 0.224. The standard InChI is InChI=1S/C26H25NO3S/c1-3-19-27(31(29,30)24-17-15-21(2)16-18-24)20-9-13-22-10-7-8-14-25(22)26(28)23-11-5-4-6-12-23/h3-8,10-12,14-18,26,28H,1,19-20H2,2H3. The Labute approximate surface area is 184 Å². The fraction of sp³-hybridized carbons (Fsp3) is 0.154. The third kappa shape index (κ3) is 5.50. The molecule has 3 aromatic carbocycles. The van der Waals surface area contributed by atoms with Gasteiger partial charge in [-0.2, -0.15) is 4.31 Å². The van der Waals surface area contributed by atoms with E-state index in [1.807, 2.05) is 61.5 Å². The molecule has 0 heterocycles. The van der Waals surface area contributed by atoms with Crippen LogP contribution in [0.3, 0.4) is 0 Å². The summed E-state index contributed by atoms with van der Waals surface area (Å²) in [6.45, 7) is 5.74. The zero-order chi connectivity index (χ0) is 22.3. The van der Waals surface area contributed by atoms with Crippen molar-refractivity contribution in [2.75, 3.05) is 13.1 Å². The Bertz CT molecular complexity index is 1190. The zero-order valence-electron chi connectivity index (χ0n) is 17.4. The van der Waals surface area contributed by atoms with Crippen molar-refractivity contribution in [3.8, 4) is 11.8 Å². The van der Waals surface area contributed by atoms with Gasteiger partial charge < -0.3 is 5.11 Å². The van der Waals surface area contributed by atoms with Crippen LogP contribution in [0, 0.1) is 18.8 Å². The van der Waals surface area contributed by atoms with Crippen molar-refractivity contribution in [3.63, 3.8) is 0 Å². The van der Waals surface area contributed by atoms with Crippen LogP contribution in [0.15, 0.2) is 96.4 Å². The fourth-order valence-corrected chi connectivity index (χ4v) is 4.45. The first-order valence-electron chi connectivity index (χ1n) is 9.92. The molecular weight excluding hydrogens is 406 g/mol. The molecule has 0 fully saturated rings. The van der Waals surface area contributed by atoms with Crippen molar-refractivity contribution in [3.05, 3.63) is 114 Å². The van der Waals surface area contributed by atoms with E-state index >= 15 is 0 Å². The van der Waals surface area contributed by atoms with Gasteiger partial charge in [0.15, 0.2) is 0 Å². The number of benzene rings is 3. The second-order valence-electron chi connectivity index (χ2n) is 7.10. The summed E-state index contributed by atoms with van der Waals surface area (Å²) in [7, 11) is -3.69. The van der Waals surface area contributed by atoms with Gasteiger partial charge in [-0.15, -0.1) is 6.58 Å². The monoisotopic (exact) mass is 431 g/mol. The Morgan fingerprint density at radius 3 is 2.32 bits per heavy atom. The Kier molecular flexibility index (Phi) is 7.43. The van der Waals surface area contributed by atoms with Crippen molar-refractivity contribution in [1.82, 2.24) is 4.31 Å². The molecule has 0 aliphatic heterocycles. The van der Waals surface area contributed by atoms with E-state index in [1.165, 1.54) is 4.31 Å². The van der Waals surface area contributed by atoms with Gasteiger partial charge >= 0.3 is 0 Å². The average Bonchev–Trinajstić information content (AvgIpc) is 2.79. The lowest BCUT2D eigenvalue weighted by atomic mass is 9.97. The number of rotatable bonds is 7. The first-order chi connectivity index (χ1) is 14.9. The lowest BCUT2D eigenvalue weighted by Crippen LogP contribution is -2.31. The molecule has 0 saturated carbocycles. The van der Waals surface area contributed by atoms with Crippen LogP contribution in [0.1, 0.15) is 28.4 Å². The molecule has 0 aliphatic rings. The van der Waals surface area contributed by atoms with E-state index < -0.39 is 16.1 Å². The van der Waals surface area contributed by atoms with Crippen LogP contribution in [-0.2, 0) is 10.0 Å². The maximum atomic E-state index is 13.0. The highest BCUT2D eigenvalue weighted by Gasteiger charge is 2.22. The Morgan fingerprint density at radius 1 is 1.00 bits per heavy atom. The molecule has 0 aliphatic carbocycles. The zero-order valence-corrected chi connectivity index (χ0v) is 18.2. The lowest BCUT2D eigenvalue weighted by molar-refractivity contribution is 0.220. The van der Waals surface area contributed by atoms with Gasteiger partial charge in [-0.05, 0) is 30.7 Å². The Hall–Kier alpha value is -3.17. The molecule has 31 heavy (non-hydrogen) atoms. The highest BCUT2D eigenvalue weighted by Crippen LogP contribution is 2.24. The van der Waals surface area contributed by atoms with Crippen LogP contribution < -0.4 is 0 Å². The fourth-order valence-electron chi connectivity index (χ4n) is 3.14. The molecule has 0 aromatic heterocycles. The number of nitrogens with zero attached hydrogens (tertiary/aromatic N) is 1. The van der Waals surface area contributed by atoms with Gasteiger partial charge in [-0.1, -0.05) is 84.1 Å². The molecule has 3 aromatic rings. The van der Waals surface area contributed by atoms with E-state index in [-0.39, 0.29) is 18.0 Å². The van der Waals surface area contributed by atoms with Crippen LogP contribution in [0.4, 0.5) is 0 Å². The van der Waals surface area contributed by atoms with Gasteiger partial charge in [-0.25, -0.2) is 8.42 Å². The third-order valence-corrected chi connectivity index (χ3v) is 6.67. The highest BCUT2D eigenvalue weighted by atomic mass is 32.2. The van der Waals surface area contributed by atoms with Crippen LogP contribution >= 0.6 is 0 Å². The summed E-state index contributed by atoms with van der Waals surface area (Å²) < 4.78 is 27.3. The maximum absolute atomic E-state index is 13.0. The average molecular weight is 432 g/mol. The second-order valence-corrected chi connectivity index (χ2v) is 9.04. The van der Waals surface area contributed by atoms with E-state index in [0.29, 0.717) is 11.1 Å². The third-order valence-electron chi connectivity index (χ3n) is 4.84. The number of aliphatic hydroxyl groups is 1. The molecular formula is C26H25NO3S. The highest BCUT2D eigenvalue weighted by molar-refractivity contribution is 7.89. The van der Waals surface area contributed by atoms with E-state index in [1.54, 1.807) is 30.3 Å². The minimum Gasteiger partial charge on any atom is -0.384 e. The van der Waals surface area contributed by atoms with Crippen molar-refractivity contribution < 1.29 is 13.5 Å². The Morgan fingerprint density at radius 2 is 1.65 bits per heavy atom. The summed E-state index contributed by atoms with van der Waals surface area (Å²) in [6, 6.07) is 23.4. The van der Waals surface area contributed by atoms with Gasteiger partial charge in [0.2, 0.25) is 10.0 Å². The number of hydrogen-bond donors (Lipinski definition) is 1. The molecule has 0 radical (unpaired) electrons. The maximum Gasteiger partial charge on any atom is 0.244 e. The van der Waals surface area contributed by atoms with Gasteiger partial charge in [0.05, 0.1) is 11.4 Å². The molecule has 3 rings (SSSR count). The van der Waals surface area contributed by atoms with E-state index in [2.05, 4.69) is 18.4 Å². The minimum atomic E-state index is -3.69. The van der Waals surface area contributed by atoms with Gasteiger partial charge in [0, 0.05) is 17.7 Å². The predicted molar refractivity (Wildman–Crippen MR) is 124 cm³/mol. The summed E-state index contributed by atoms with van der Waals surface area (Å²) in [5.41, 5.74) is 3.09. The van der Waals surface area contributed by atoms with Crippen molar-refractivity contribution in [2.24, 2.45) is 0 Å². The number of aryl methyl sites for hydroxylation is 1. The number of aliphatic hydroxyl groups excluding tert-OH is 1. The van der Waals surface area contributed by atoms with Crippen molar-refractivity contribution >= 4 is 10.0 Å². The van der Waals surface area contributed by atoms with Crippen LogP contribution in [0.25, 0.3) is 0 Å². The van der Waals surface area contributed by atoms with Gasteiger partial charge in [-0.3, -0.25) is 0 Å². The first-order valence-corrected chi connectivity index (χ1v) is 11.4. The molecule has 0 spiro atoms. The minimum absolute atomic E-state index is 0.0119. The smallest absolute Gasteiger partial charge is 0.244 e. The number of sulfonamides is 1. The van der Waals surface area contributed by atoms with Crippen LogP contribution in [0.5, 0.6) is 0 Å². The van der Waals surface area contributed by atoms with Gasteiger partial charge in [0.25, 0.3) is 0 Å². The first kappa shape index (κ1) is 22.5. The molecule has 158 valence electrons. The summed E-state index contributed by atoms with van der Waals surface area (Å²) >= 11 is 0. The second kappa shape index (κ2) is 10.2. The van der Waals surface area contributed by atoms with Crippen molar-refractivity contribution in [1.29, 1.82) is 0 Å². The molecule has 0 bridgehead atoms. The van der Waals surface area contributed by atoms with Crippen molar-refractivity contribution in [2.45, 2.75) is 17.9 Å². The molecule has 1 N–H and O–H groups in total. The summed E-state index contributed by atoms with van der Waals surface area (Å²) in [5, 5.41) is 10.8. The topological polar surface area (TPSA) is 57.6 Å². The van der Waals surface area contributed by atoms with Gasteiger partial charge in [0.1, 0.15) is 6.10 Å². The van der Waals surface area contributed by atoms with Crippen LogP contribution in [-0.4, -0.2) is 30.9 Å². The summed E-state index contributed by atoms with van der Waals surface area (Å²) in [6.07, 6.45) is 0.729. The van der Waals surface area contributed by atoms with E-state index in [4.69, 9.17) is 0 Å². The molecule has 4 nitrogen and oxygen atoms in total. The van der Waals surface area contributed by atoms with Crippen LogP contribution in [0.2, 0.25) is 0 Å². The molecule has 1 atom stereocenters. The Balaban J connectivity index is 1.86. The normalized spacial score (nSPS) is 12.1. The predicted octanol–water partition coefficient (Wildman–Crippen LogP) is 4.31. The largest absolute Gasteiger partial charge is 0.384 e. The SMILES string of the molecule is C=CCN(CC#Cc1ccccc1C(O)c1ccccc1)S(=O)(=O)c1ccc(C)cc1. The molecule has 5 heteroatoms. The quantitative estimate of drug-likeness (QED) is 0.448. The molecule has 1 unspecified atom stereocenters.